The van der Waals surface area contributed by atoms with Crippen molar-refractivity contribution in [2.75, 3.05) is 29.5 Å². The van der Waals surface area contributed by atoms with Crippen LogP contribution in [-0.2, 0) is 0 Å². The van der Waals surface area contributed by atoms with E-state index >= 15 is 0 Å². The highest BCUT2D eigenvalue weighted by Gasteiger charge is 2.19. The molecule has 0 saturated carbocycles. The third-order valence-corrected chi connectivity index (χ3v) is 4.07. The summed E-state index contributed by atoms with van der Waals surface area (Å²) in [7, 11) is 0. The summed E-state index contributed by atoms with van der Waals surface area (Å²) in [5.74, 6) is 1.82. The molecule has 92 valence electrons. The Morgan fingerprint density at radius 1 is 1.47 bits per heavy atom. The van der Waals surface area contributed by atoms with Crippen molar-refractivity contribution in [2.24, 2.45) is 0 Å². The zero-order chi connectivity index (χ0) is 12.3. The summed E-state index contributed by atoms with van der Waals surface area (Å²) < 4.78 is 0.697. The molecule has 1 N–H and O–H groups in total. The maximum Gasteiger partial charge on any atom is 0.339 e. The van der Waals surface area contributed by atoms with E-state index < -0.39 is 5.97 Å². The molecule has 0 aliphatic carbocycles. The van der Waals surface area contributed by atoms with Gasteiger partial charge in [-0.3, -0.25) is 0 Å². The van der Waals surface area contributed by atoms with E-state index in [0.717, 1.165) is 31.0 Å². The van der Waals surface area contributed by atoms with Gasteiger partial charge < -0.3 is 10.0 Å². The number of carboxylic acid groups (broad SMARTS) is 1. The molecule has 1 fully saturated rings. The van der Waals surface area contributed by atoms with Crippen LogP contribution in [-0.4, -0.2) is 40.7 Å². The first-order valence-electron chi connectivity index (χ1n) is 5.40. The van der Waals surface area contributed by atoms with Crippen molar-refractivity contribution < 1.29 is 9.90 Å². The maximum absolute atomic E-state index is 11.2. The highest BCUT2D eigenvalue weighted by molar-refractivity contribution is 9.10. The second kappa shape index (κ2) is 5.73. The van der Waals surface area contributed by atoms with Crippen molar-refractivity contribution in [3.63, 3.8) is 0 Å². The zero-order valence-corrected chi connectivity index (χ0v) is 11.6. The van der Waals surface area contributed by atoms with Crippen LogP contribution in [0.5, 0.6) is 0 Å². The van der Waals surface area contributed by atoms with E-state index in [9.17, 15) is 9.90 Å². The van der Waals surface area contributed by atoms with Crippen molar-refractivity contribution in [3.05, 3.63) is 22.3 Å². The lowest BCUT2D eigenvalue weighted by atomic mass is 10.2. The van der Waals surface area contributed by atoms with Gasteiger partial charge in [0.25, 0.3) is 0 Å². The number of halogens is 1. The normalized spacial score (nSPS) is 16.6. The van der Waals surface area contributed by atoms with Gasteiger partial charge in [-0.2, -0.15) is 11.8 Å². The number of thioether (sulfide) groups is 1. The van der Waals surface area contributed by atoms with Gasteiger partial charge in [0.1, 0.15) is 11.4 Å². The highest BCUT2D eigenvalue weighted by atomic mass is 79.9. The largest absolute Gasteiger partial charge is 0.478 e. The van der Waals surface area contributed by atoms with E-state index in [2.05, 4.69) is 25.8 Å². The average Bonchev–Trinajstić information content (AvgIpc) is 2.57. The zero-order valence-electron chi connectivity index (χ0n) is 9.23. The van der Waals surface area contributed by atoms with Crippen LogP contribution in [0.3, 0.4) is 0 Å². The fraction of sp³-hybridized carbons (Fsp3) is 0.455. The van der Waals surface area contributed by atoms with Crippen LogP contribution in [0.25, 0.3) is 0 Å². The quantitative estimate of drug-likeness (QED) is 0.908. The Hall–Kier alpha value is -0.750. The summed E-state index contributed by atoms with van der Waals surface area (Å²) in [5.41, 5.74) is 0.270. The van der Waals surface area contributed by atoms with Crippen LogP contribution in [0.4, 0.5) is 5.82 Å². The third kappa shape index (κ3) is 3.13. The Morgan fingerprint density at radius 3 is 3.06 bits per heavy atom. The van der Waals surface area contributed by atoms with Crippen molar-refractivity contribution in [1.82, 2.24) is 4.98 Å². The summed E-state index contributed by atoms with van der Waals surface area (Å²) in [6.07, 6.45) is 2.72. The van der Waals surface area contributed by atoms with Gasteiger partial charge in [0.2, 0.25) is 0 Å². The second-order valence-corrected chi connectivity index (χ2v) is 5.92. The van der Waals surface area contributed by atoms with Crippen molar-refractivity contribution in [1.29, 1.82) is 0 Å². The predicted octanol–water partition coefficient (Wildman–Crippen LogP) is 2.49. The van der Waals surface area contributed by atoms with E-state index in [4.69, 9.17) is 0 Å². The molecule has 2 heterocycles. The number of pyridine rings is 1. The number of aromatic nitrogens is 1. The molecule has 0 bridgehead atoms. The fourth-order valence-electron chi connectivity index (χ4n) is 1.80. The molecule has 0 atom stereocenters. The Morgan fingerprint density at radius 2 is 2.29 bits per heavy atom. The minimum absolute atomic E-state index is 0.270. The van der Waals surface area contributed by atoms with Gasteiger partial charge in [0, 0.05) is 29.5 Å². The lowest BCUT2D eigenvalue weighted by Gasteiger charge is -2.22. The minimum atomic E-state index is -0.925. The number of rotatable bonds is 2. The molecule has 0 aromatic carbocycles. The molecule has 17 heavy (non-hydrogen) atoms. The van der Waals surface area contributed by atoms with Gasteiger partial charge in [-0.05, 0) is 34.2 Å². The van der Waals surface area contributed by atoms with E-state index in [1.54, 1.807) is 12.3 Å². The van der Waals surface area contributed by atoms with Gasteiger partial charge in [0.05, 0.1) is 0 Å². The summed E-state index contributed by atoms with van der Waals surface area (Å²) in [6, 6.07) is 1.61. The molecule has 6 heteroatoms. The Kier molecular flexibility index (Phi) is 4.28. The van der Waals surface area contributed by atoms with Gasteiger partial charge in [0.15, 0.2) is 0 Å². The number of anilines is 1. The molecule has 0 amide bonds. The van der Waals surface area contributed by atoms with E-state index in [0.29, 0.717) is 10.3 Å². The summed E-state index contributed by atoms with van der Waals surface area (Å²) >= 11 is 5.16. The molecule has 1 aliphatic rings. The molecule has 1 aromatic heterocycles. The van der Waals surface area contributed by atoms with E-state index in [1.807, 2.05) is 11.8 Å². The van der Waals surface area contributed by atoms with Crippen LogP contribution in [0.2, 0.25) is 0 Å². The van der Waals surface area contributed by atoms with Gasteiger partial charge in [-0.25, -0.2) is 9.78 Å². The number of carbonyl (C=O) groups is 1. The van der Waals surface area contributed by atoms with Crippen molar-refractivity contribution in [3.8, 4) is 0 Å². The molecule has 0 unspecified atom stereocenters. The smallest absolute Gasteiger partial charge is 0.339 e. The lowest BCUT2D eigenvalue weighted by Crippen LogP contribution is -2.28. The SMILES string of the molecule is O=C(O)c1cc(Br)cnc1N1CCCSCC1. The second-order valence-electron chi connectivity index (χ2n) is 3.78. The number of nitrogens with zero attached hydrogens (tertiary/aromatic N) is 2. The predicted molar refractivity (Wildman–Crippen MR) is 73.1 cm³/mol. The van der Waals surface area contributed by atoms with Crippen LogP contribution in [0.1, 0.15) is 16.8 Å². The first kappa shape index (κ1) is 12.7. The molecule has 1 saturated heterocycles. The minimum Gasteiger partial charge on any atom is -0.478 e. The van der Waals surface area contributed by atoms with Crippen LogP contribution < -0.4 is 4.90 Å². The highest BCUT2D eigenvalue weighted by Crippen LogP contribution is 2.24. The standard InChI is InChI=1S/C11H13BrN2O2S/c12-8-6-9(11(15)16)10(13-7-8)14-2-1-4-17-5-3-14/h6-7H,1-5H2,(H,15,16). The molecule has 0 radical (unpaired) electrons. The summed E-state index contributed by atoms with van der Waals surface area (Å²) in [5, 5.41) is 9.20. The lowest BCUT2D eigenvalue weighted by molar-refractivity contribution is 0.0697. The Labute approximate surface area is 113 Å². The summed E-state index contributed by atoms with van der Waals surface area (Å²) in [4.78, 5) is 17.5. The van der Waals surface area contributed by atoms with E-state index in [1.165, 1.54) is 0 Å². The number of carboxylic acids is 1. The topological polar surface area (TPSA) is 53.4 Å². The van der Waals surface area contributed by atoms with Crippen molar-refractivity contribution in [2.45, 2.75) is 6.42 Å². The van der Waals surface area contributed by atoms with Gasteiger partial charge in [-0.15, -0.1) is 0 Å². The first-order chi connectivity index (χ1) is 8.18. The molecule has 1 aliphatic heterocycles. The number of hydrogen-bond donors (Lipinski definition) is 1. The number of hydrogen-bond acceptors (Lipinski definition) is 4. The molecular formula is C11H13BrN2O2S. The Bertz CT molecular complexity index is 420. The Balaban J connectivity index is 2.32. The van der Waals surface area contributed by atoms with Gasteiger partial charge in [-0.1, -0.05) is 0 Å². The molecule has 4 nitrogen and oxygen atoms in total. The molecule has 1 aromatic rings. The first-order valence-corrected chi connectivity index (χ1v) is 7.35. The van der Waals surface area contributed by atoms with Crippen LogP contribution in [0.15, 0.2) is 16.7 Å². The van der Waals surface area contributed by atoms with E-state index in [-0.39, 0.29) is 5.56 Å². The summed E-state index contributed by atoms with van der Waals surface area (Å²) in [6.45, 7) is 1.74. The monoisotopic (exact) mass is 316 g/mol. The molecule has 0 spiro atoms. The van der Waals surface area contributed by atoms with Crippen LogP contribution >= 0.6 is 27.7 Å². The van der Waals surface area contributed by atoms with Crippen molar-refractivity contribution >= 4 is 39.5 Å². The number of aromatic carboxylic acids is 1. The third-order valence-electron chi connectivity index (χ3n) is 2.59. The molecular weight excluding hydrogens is 304 g/mol. The van der Waals surface area contributed by atoms with Crippen LogP contribution in [0, 0.1) is 0 Å². The fourth-order valence-corrected chi connectivity index (χ4v) is 3.02. The van der Waals surface area contributed by atoms with Gasteiger partial charge >= 0.3 is 5.97 Å². The maximum atomic E-state index is 11.2. The average molecular weight is 317 g/mol. The molecule has 2 rings (SSSR count).